The first-order valence-electron chi connectivity index (χ1n) is 12.4. The summed E-state index contributed by atoms with van der Waals surface area (Å²) in [6.45, 7) is 2.60. The quantitative estimate of drug-likeness (QED) is 0.363. The average molecular weight is 504 g/mol. The minimum Gasteiger partial charge on any atom is -0.339 e. The molecule has 4 aromatic heterocycles. The molecular formula is C28H25N9O. The molecule has 38 heavy (non-hydrogen) atoms. The minimum atomic E-state index is 0.138. The number of anilines is 1. The summed E-state index contributed by atoms with van der Waals surface area (Å²) in [4.78, 5) is 26.0. The van der Waals surface area contributed by atoms with Crippen molar-refractivity contribution in [2.45, 2.75) is 6.42 Å². The molecule has 0 spiro atoms. The van der Waals surface area contributed by atoms with Gasteiger partial charge in [0.15, 0.2) is 0 Å². The summed E-state index contributed by atoms with van der Waals surface area (Å²) in [7, 11) is 1.87. The fourth-order valence-electron chi connectivity index (χ4n) is 4.81. The van der Waals surface area contributed by atoms with Crippen molar-refractivity contribution in [1.29, 1.82) is 5.26 Å². The lowest BCUT2D eigenvalue weighted by Gasteiger charge is -2.34. The molecule has 1 amide bonds. The van der Waals surface area contributed by atoms with E-state index >= 15 is 0 Å². The standard InChI is InChI=1S/C28H25N9O/c1-34-18-24(17-32-34)21-12-25(27-22(13-29)16-33-37(27)19-21)23-14-30-28(31-15-23)36-9-7-35(8-10-36)26(38)11-20-5-3-2-4-6-20/h2-6,12,14-19H,7-11H2,1H3. The summed E-state index contributed by atoms with van der Waals surface area (Å²) < 4.78 is 3.46. The van der Waals surface area contributed by atoms with Gasteiger partial charge in [0.1, 0.15) is 6.07 Å². The Bertz CT molecular complexity index is 1640. The van der Waals surface area contributed by atoms with Crippen LogP contribution in [-0.4, -0.2) is 66.3 Å². The van der Waals surface area contributed by atoms with Crippen molar-refractivity contribution in [2.24, 2.45) is 7.05 Å². The molecule has 0 atom stereocenters. The number of nitrogens with zero attached hydrogens (tertiary/aromatic N) is 9. The number of carbonyl (C=O) groups is 1. The Kier molecular flexibility index (Phi) is 6.01. The molecule has 1 fully saturated rings. The summed E-state index contributed by atoms with van der Waals surface area (Å²) in [5.41, 5.74) is 5.70. The third-order valence-electron chi connectivity index (χ3n) is 6.83. The number of pyridine rings is 1. The molecule has 1 saturated heterocycles. The van der Waals surface area contributed by atoms with E-state index < -0.39 is 0 Å². The van der Waals surface area contributed by atoms with E-state index in [1.807, 2.05) is 60.7 Å². The van der Waals surface area contributed by atoms with Gasteiger partial charge in [0.05, 0.1) is 29.9 Å². The van der Waals surface area contributed by atoms with Crippen molar-refractivity contribution in [3.8, 4) is 28.3 Å². The number of aryl methyl sites for hydroxylation is 1. The van der Waals surface area contributed by atoms with Crippen LogP contribution < -0.4 is 4.90 Å². The summed E-state index contributed by atoms with van der Waals surface area (Å²) in [6, 6.07) is 14.1. The molecule has 5 aromatic rings. The predicted molar refractivity (Wildman–Crippen MR) is 142 cm³/mol. The van der Waals surface area contributed by atoms with Gasteiger partial charge in [-0.1, -0.05) is 30.3 Å². The predicted octanol–water partition coefficient (Wildman–Crippen LogP) is 2.95. The van der Waals surface area contributed by atoms with Crippen LogP contribution in [0.25, 0.3) is 27.8 Å². The molecule has 1 aliphatic rings. The molecule has 1 aliphatic heterocycles. The number of fused-ring (bicyclic) bond motifs is 1. The molecule has 0 aliphatic carbocycles. The molecule has 188 valence electrons. The Hall–Kier alpha value is -5.04. The summed E-state index contributed by atoms with van der Waals surface area (Å²) in [6.07, 6.45) is 11.2. The molecule has 0 bridgehead atoms. The highest BCUT2D eigenvalue weighted by molar-refractivity contribution is 5.87. The monoisotopic (exact) mass is 503 g/mol. The molecule has 10 nitrogen and oxygen atoms in total. The van der Waals surface area contributed by atoms with E-state index in [-0.39, 0.29) is 5.91 Å². The van der Waals surface area contributed by atoms with E-state index in [0.29, 0.717) is 49.6 Å². The highest BCUT2D eigenvalue weighted by Crippen LogP contribution is 2.31. The van der Waals surface area contributed by atoms with E-state index in [1.54, 1.807) is 34.0 Å². The Balaban J connectivity index is 1.22. The number of piperazine rings is 1. The second kappa shape index (κ2) is 9.78. The van der Waals surface area contributed by atoms with Crippen LogP contribution in [0, 0.1) is 11.3 Å². The Morgan fingerprint density at radius 2 is 1.68 bits per heavy atom. The number of benzene rings is 1. The molecular weight excluding hydrogens is 478 g/mol. The summed E-state index contributed by atoms with van der Waals surface area (Å²) in [5, 5.41) is 18.3. The van der Waals surface area contributed by atoms with Crippen molar-refractivity contribution >= 4 is 17.4 Å². The van der Waals surface area contributed by atoms with Crippen molar-refractivity contribution in [1.82, 2.24) is 34.3 Å². The SMILES string of the molecule is Cn1cc(-c2cc(-c3cnc(N4CCN(C(=O)Cc5ccccc5)CC4)nc3)c3c(C#N)cnn3c2)cn1. The van der Waals surface area contributed by atoms with Gasteiger partial charge in [0.2, 0.25) is 11.9 Å². The van der Waals surface area contributed by atoms with Gasteiger partial charge in [-0.2, -0.15) is 15.5 Å². The van der Waals surface area contributed by atoms with Gasteiger partial charge in [-0.25, -0.2) is 14.5 Å². The van der Waals surface area contributed by atoms with Crippen molar-refractivity contribution in [3.05, 3.63) is 84.7 Å². The van der Waals surface area contributed by atoms with E-state index in [4.69, 9.17) is 0 Å². The topological polar surface area (TPSA) is 108 Å². The number of carbonyl (C=O) groups excluding carboxylic acids is 1. The summed E-state index contributed by atoms with van der Waals surface area (Å²) in [5.74, 6) is 0.760. The lowest BCUT2D eigenvalue weighted by Crippen LogP contribution is -2.49. The number of aromatic nitrogens is 6. The molecule has 0 saturated carbocycles. The number of amides is 1. The molecule has 5 heterocycles. The number of rotatable bonds is 5. The van der Waals surface area contributed by atoms with E-state index in [2.05, 4.69) is 31.1 Å². The Morgan fingerprint density at radius 3 is 2.37 bits per heavy atom. The van der Waals surface area contributed by atoms with Gasteiger partial charge in [-0.3, -0.25) is 9.48 Å². The van der Waals surface area contributed by atoms with Crippen LogP contribution in [-0.2, 0) is 18.3 Å². The van der Waals surface area contributed by atoms with Gasteiger partial charge in [0, 0.05) is 80.3 Å². The van der Waals surface area contributed by atoms with Crippen LogP contribution in [0.5, 0.6) is 0 Å². The van der Waals surface area contributed by atoms with Crippen LogP contribution in [0.1, 0.15) is 11.1 Å². The molecule has 1 aromatic carbocycles. The van der Waals surface area contributed by atoms with E-state index in [1.165, 1.54) is 0 Å². The number of hydrogen-bond acceptors (Lipinski definition) is 7. The molecule has 0 N–H and O–H groups in total. The van der Waals surface area contributed by atoms with Crippen molar-refractivity contribution in [3.63, 3.8) is 0 Å². The maximum absolute atomic E-state index is 12.7. The first-order valence-corrected chi connectivity index (χ1v) is 12.4. The van der Waals surface area contributed by atoms with Gasteiger partial charge in [-0.05, 0) is 11.6 Å². The van der Waals surface area contributed by atoms with Crippen LogP contribution in [0.4, 0.5) is 5.95 Å². The fraction of sp³-hybridized carbons (Fsp3) is 0.214. The first kappa shape index (κ1) is 23.4. The number of hydrogen-bond donors (Lipinski definition) is 0. The van der Waals surface area contributed by atoms with E-state index in [9.17, 15) is 10.1 Å². The maximum Gasteiger partial charge on any atom is 0.227 e. The maximum atomic E-state index is 12.7. The lowest BCUT2D eigenvalue weighted by atomic mass is 10.0. The van der Waals surface area contributed by atoms with Gasteiger partial charge >= 0.3 is 0 Å². The Morgan fingerprint density at radius 1 is 0.921 bits per heavy atom. The van der Waals surface area contributed by atoms with Crippen molar-refractivity contribution in [2.75, 3.05) is 31.1 Å². The zero-order valence-corrected chi connectivity index (χ0v) is 20.9. The Labute approximate surface area is 219 Å². The normalized spacial score (nSPS) is 13.6. The fourth-order valence-corrected chi connectivity index (χ4v) is 4.81. The first-order chi connectivity index (χ1) is 18.6. The van der Waals surface area contributed by atoms with Crippen LogP contribution >= 0.6 is 0 Å². The van der Waals surface area contributed by atoms with Gasteiger partial charge < -0.3 is 9.80 Å². The molecule has 0 radical (unpaired) electrons. The molecule has 0 unspecified atom stereocenters. The van der Waals surface area contributed by atoms with Gasteiger partial charge in [0.25, 0.3) is 0 Å². The molecule has 6 rings (SSSR count). The zero-order valence-electron chi connectivity index (χ0n) is 20.9. The highest BCUT2D eigenvalue weighted by atomic mass is 16.2. The van der Waals surface area contributed by atoms with Crippen molar-refractivity contribution < 1.29 is 4.79 Å². The van der Waals surface area contributed by atoms with Crippen LogP contribution in [0.3, 0.4) is 0 Å². The average Bonchev–Trinajstić information content (AvgIpc) is 3.59. The third-order valence-corrected chi connectivity index (χ3v) is 6.83. The number of nitriles is 1. The van der Waals surface area contributed by atoms with Gasteiger partial charge in [-0.15, -0.1) is 0 Å². The van der Waals surface area contributed by atoms with Crippen LogP contribution in [0.2, 0.25) is 0 Å². The second-order valence-electron chi connectivity index (χ2n) is 9.31. The largest absolute Gasteiger partial charge is 0.339 e. The third kappa shape index (κ3) is 4.46. The highest BCUT2D eigenvalue weighted by Gasteiger charge is 2.23. The van der Waals surface area contributed by atoms with E-state index in [0.717, 1.165) is 27.8 Å². The zero-order chi connectivity index (χ0) is 26.1. The second-order valence-corrected chi connectivity index (χ2v) is 9.31. The molecule has 10 heteroatoms. The minimum absolute atomic E-state index is 0.138. The lowest BCUT2D eigenvalue weighted by molar-refractivity contribution is -0.130. The smallest absolute Gasteiger partial charge is 0.227 e. The summed E-state index contributed by atoms with van der Waals surface area (Å²) >= 11 is 0. The van der Waals surface area contributed by atoms with Crippen LogP contribution in [0.15, 0.2) is 73.6 Å².